The first-order valence-corrected chi connectivity index (χ1v) is 5.78. The average molecular weight is 254 g/mol. The SMILES string of the molecule is CCCOc1nc(N)nc(NCCCC(N)=O)n1. The first-order chi connectivity index (χ1) is 8.61. The minimum Gasteiger partial charge on any atom is -0.463 e. The number of nitrogens with zero attached hydrogens (tertiary/aromatic N) is 3. The molecule has 0 aromatic carbocycles. The van der Waals surface area contributed by atoms with E-state index in [0.29, 0.717) is 31.9 Å². The Morgan fingerprint density at radius 2 is 2.17 bits per heavy atom. The van der Waals surface area contributed by atoms with Gasteiger partial charge in [-0.25, -0.2) is 0 Å². The molecular weight excluding hydrogens is 236 g/mol. The molecule has 0 spiro atoms. The Morgan fingerprint density at radius 3 is 2.83 bits per heavy atom. The molecule has 8 nitrogen and oxygen atoms in total. The van der Waals surface area contributed by atoms with E-state index < -0.39 is 0 Å². The highest BCUT2D eigenvalue weighted by Crippen LogP contribution is 2.09. The van der Waals surface area contributed by atoms with Crippen molar-refractivity contribution < 1.29 is 9.53 Å². The summed E-state index contributed by atoms with van der Waals surface area (Å²) >= 11 is 0. The molecule has 0 radical (unpaired) electrons. The zero-order valence-electron chi connectivity index (χ0n) is 10.3. The molecule has 1 heterocycles. The van der Waals surface area contributed by atoms with Gasteiger partial charge in [-0.3, -0.25) is 4.79 Å². The maximum atomic E-state index is 10.6. The van der Waals surface area contributed by atoms with Crippen LogP contribution in [0, 0.1) is 0 Å². The Bertz CT molecular complexity index is 398. The van der Waals surface area contributed by atoms with Crippen molar-refractivity contribution in [2.24, 2.45) is 5.73 Å². The van der Waals surface area contributed by atoms with Crippen molar-refractivity contribution in [2.45, 2.75) is 26.2 Å². The number of hydrogen-bond acceptors (Lipinski definition) is 7. The second-order valence-corrected chi connectivity index (χ2v) is 3.64. The number of nitrogens with two attached hydrogens (primary N) is 2. The number of nitrogens with one attached hydrogen (secondary N) is 1. The van der Waals surface area contributed by atoms with Crippen molar-refractivity contribution >= 4 is 17.8 Å². The number of ether oxygens (including phenoxy) is 1. The highest BCUT2D eigenvalue weighted by Gasteiger charge is 2.04. The Morgan fingerprint density at radius 1 is 1.39 bits per heavy atom. The number of aromatic nitrogens is 3. The number of rotatable bonds is 8. The van der Waals surface area contributed by atoms with E-state index in [4.69, 9.17) is 16.2 Å². The van der Waals surface area contributed by atoms with E-state index in [2.05, 4.69) is 20.3 Å². The lowest BCUT2D eigenvalue weighted by Gasteiger charge is -2.07. The van der Waals surface area contributed by atoms with E-state index in [9.17, 15) is 4.79 Å². The maximum absolute atomic E-state index is 10.6. The van der Waals surface area contributed by atoms with E-state index in [1.54, 1.807) is 0 Å². The molecule has 0 saturated carbocycles. The molecule has 8 heteroatoms. The van der Waals surface area contributed by atoms with Gasteiger partial charge in [0.2, 0.25) is 17.8 Å². The van der Waals surface area contributed by atoms with Crippen LogP contribution in [-0.4, -0.2) is 34.0 Å². The van der Waals surface area contributed by atoms with Crippen LogP contribution in [-0.2, 0) is 4.79 Å². The molecule has 0 unspecified atom stereocenters. The molecule has 0 aliphatic carbocycles. The molecule has 0 aliphatic rings. The lowest BCUT2D eigenvalue weighted by atomic mass is 10.3. The van der Waals surface area contributed by atoms with Crippen LogP contribution in [0.25, 0.3) is 0 Å². The molecule has 5 N–H and O–H groups in total. The van der Waals surface area contributed by atoms with Crippen molar-refractivity contribution in [3.05, 3.63) is 0 Å². The van der Waals surface area contributed by atoms with Crippen molar-refractivity contribution in [3.63, 3.8) is 0 Å². The van der Waals surface area contributed by atoms with Crippen LogP contribution >= 0.6 is 0 Å². The highest BCUT2D eigenvalue weighted by molar-refractivity contribution is 5.73. The normalized spacial score (nSPS) is 10.1. The van der Waals surface area contributed by atoms with Gasteiger partial charge in [0.1, 0.15) is 0 Å². The number of carbonyl (C=O) groups excluding carboxylic acids is 1. The van der Waals surface area contributed by atoms with Gasteiger partial charge in [-0.1, -0.05) is 6.92 Å². The third-order valence-electron chi connectivity index (χ3n) is 1.95. The predicted octanol–water partition coefficient (Wildman–Crippen LogP) is -0.0800. The second-order valence-electron chi connectivity index (χ2n) is 3.64. The molecule has 100 valence electrons. The van der Waals surface area contributed by atoms with Crippen LogP contribution in [0.3, 0.4) is 0 Å². The molecule has 1 rings (SSSR count). The fourth-order valence-electron chi connectivity index (χ4n) is 1.17. The fraction of sp³-hybridized carbons (Fsp3) is 0.600. The summed E-state index contributed by atoms with van der Waals surface area (Å²) in [7, 11) is 0. The summed E-state index contributed by atoms with van der Waals surface area (Å²) in [6, 6.07) is 0.196. The zero-order chi connectivity index (χ0) is 13.4. The molecule has 1 aromatic rings. The molecule has 1 aromatic heterocycles. The quantitative estimate of drug-likeness (QED) is 0.553. The van der Waals surface area contributed by atoms with Crippen LogP contribution in [0.4, 0.5) is 11.9 Å². The second kappa shape index (κ2) is 7.25. The summed E-state index contributed by atoms with van der Waals surface area (Å²) in [4.78, 5) is 22.3. The van der Waals surface area contributed by atoms with Gasteiger partial charge in [0.15, 0.2) is 0 Å². The zero-order valence-corrected chi connectivity index (χ0v) is 10.3. The third-order valence-corrected chi connectivity index (χ3v) is 1.95. The summed E-state index contributed by atoms with van der Waals surface area (Å²) in [6.45, 7) is 3.03. The Balaban J connectivity index is 2.48. The topological polar surface area (TPSA) is 129 Å². The Kier molecular flexibility index (Phi) is 5.62. The standard InChI is InChI=1S/C10H18N6O2/c1-2-6-18-10-15-8(12)14-9(16-10)13-5-3-4-7(11)17/h2-6H2,1H3,(H2,11,17)(H3,12,13,14,15,16). The van der Waals surface area contributed by atoms with E-state index in [0.717, 1.165) is 6.42 Å². The molecule has 0 saturated heterocycles. The highest BCUT2D eigenvalue weighted by atomic mass is 16.5. The first kappa shape index (κ1) is 13.9. The summed E-state index contributed by atoms with van der Waals surface area (Å²) < 4.78 is 5.26. The number of hydrogen-bond donors (Lipinski definition) is 3. The van der Waals surface area contributed by atoms with Crippen molar-refractivity contribution in [1.29, 1.82) is 0 Å². The molecule has 0 aliphatic heterocycles. The van der Waals surface area contributed by atoms with Gasteiger partial charge in [-0.15, -0.1) is 0 Å². The number of amides is 1. The monoisotopic (exact) mass is 254 g/mol. The van der Waals surface area contributed by atoms with Gasteiger partial charge < -0.3 is 21.5 Å². The maximum Gasteiger partial charge on any atom is 0.323 e. The minimum atomic E-state index is -0.334. The van der Waals surface area contributed by atoms with Crippen LogP contribution in [0.5, 0.6) is 6.01 Å². The van der Waals surface area contributed by atoms with Gasteiger partial charge in [0.25, 0.3) is 0 Å². The fourth-order valence-corrected chi connectivity index (χ4v) is 1.17. The summed E-state index contributed by atoms with van der Waals surface area (Å²) in [5.74, 6) is 0.0884. The molecule has 0 atom stereocenters. The molecule has 0 bridgehead atoms. The van der Waals surface area contributed by atoms with Crippen LogP contribution in [0.15, 0.2) is 0 Å². The summed E-state index contributed by atoms with van der Waals surface area (Å²) in [6.07, 6.45) is 1.77. The van der Waals surface area contributed by atoms with Crippen LogP contribution in [0.1, 0.15) is 26.2 Å². The van der Waals surface area contributed by atoms with Gasteiger partial charge in [-0.05, 0) is 12.8 Å². The van der Waals surface area contributed by atoms with Crippen LogP contribution < -0.4 is 21.5 Å². The summed E-state index contributed by atoms with van der Waals surface area (Å²) in [5.41, 5.74) is 10.6. The third kappa shape index (κ3) is 5.28. The van der Waals surface area contributed by atoms with Gasteiger partial charge >= 0.3 is 6.01 Å². The summed E-state index contributed by atoms with van der Waals surface area (Å²) in [5, 5.41) is 2.93. The first-order valence-electron chi connectivity index (χ1n) is 5.78. The van der Waals surface area contributed by atoms with Gasteiger partial charge in [-0.2, -0.15) is 15.0 Å². The Labute approximate surface area is 105 Å². The van der Waals surface area contributed by atoms with Crippen LogP contribution in [0.2, 0.25) is 0 Å². The van der Waals surface area contributed by atoms with E-state index in [1.165, 1.54) is 0 Å². The number of nitrogen functional groups attached to an aromatic ring is 1. The molecule has 1 amide bonds. The number of primary amides is 1. The number of carbonyl (C=O) groups is 1. The van der Waals surface area contributed by atoms with Gasteiger partial charge in [0, 0.05) is 13.0 Å². The lowest BCUT2D eigenvalue weighted by molar-refractivity contribution is -0.118. The van der Waals surface area contributed by atoms with Crippen molar-refractivity contribution in [2.75, 3.05) is 24.2 Å². The van der Waals surface area contributed by atoms with E-state index in [1.807, 2.05) is 6.92 Å². The smallest absolute Gasteiger partial charge is 0.323 e. The van der Waals surface area contributed by atoms with E-state index >= 15 is 0 Å². The average Bonchev–Trinajstić information content (AvgIpc) is 2.31. The van der Waals surface area contributed by atoms with Crippen molar-refractivity contribution in [1.82, 2.24) is 15.0 Å². The molecule has 18 heavy (non-hydrogen) atoms. The molecular formula is C10H18N6O2. The van der Waals surface area contributed by atoms with E-state index in [-0.39, 0.29) is 17.9 Å². The largest absolute Gasteiger partial charge is 0.463 e. The van der Waals surface area contributed by atoms with Crippen molar-refractivity contribution in [3.8, 4) is 6.01 Å². The Hall–Kier alpha value is -2.12. The number of anilines is 2. The minimum absolute atomic E-state index is 0.0912. The predicted molar refractivity (Wildman–Crippen MR) is 66.9 cm³/mol. The lowest BCUT2D eigenvalue weighted by Crippen LogP contribution is -2.14. The van der Waals surface area contributed by atoms with Gasteiger partial charge in [0.05, 0.1) is 6.61 Å². The molecule has 0 fully saturated rings.